The van der Waals surface area contributed by atoms with Crippen LogP contribution < -0.4 is 0 Å². The molecule has 0 N–H and O–H groups in total. The molecule has 0 unspecified atom stereocenters. The molecule has 1 aliphatic rings. The molecule has 1 aliphatic heterocycles. The molecule has 3 aromatic heterocycles. The van der Waals surface area contributed by atoms with E-state index < -0.39 is 0 Å². The van der Waals surface area contributed by atoms with E-state index in [1.807, 2.05) is 0 Å². The van der Waals surface area contributed by atoms with Gasteiger partial charge in [0.2, 0.25) is 5.95 Å². The van der Waals surface area contributed by atoms with Gasteiger partial charge in [-0.15, -0.1) is 0 Å². The Kier molecular flexibility index (Phi) is 5.86. The van der Waals surface area contributed by atoms with Crippen molar-refractivity contribution in [3.8, 4) is 45.1 Å². The molecule has 4 nitrogen and oxygen atoms in total. The van der Waals surface area contributed by atoms with E-state index in [0.29, 0.717) is 5.95 Å². The molecule has 0 fully saturated rings. The third-order valence-electron chi connectivity index (χ3n) is 12.0. The molecule has 0 amide bonds. The normalized spacial score (nSPS) is 12.3. The van der Waals surface area contributed by atoms with Crippen LogP contribution in [0.25, 0.3) is 121 Å². The van der Waals surface area contributed by atoms with Gasteiger partial charge < -0.3 is 4.57 Å². The summed E-state index contributed by atoms with van der Waals surface area (Å²) < 4.78 is 4.80. The summed E-state index contributed by atoms with van der Waals surface area (Å²) in [5.74, 6) is 0.656. The molecule has 4 heteroatoms. The molecule has 0 radical (unpaired) electrons. The zero-order valence-corrected chi connectivity index (χ0v) is 30.1. The monoisotopic (exact) mass is 710 g/mol. The predicted octanol–water partition coefficient (Wildman–Crippen LogP) is 13.4. The van der Waals surface area contributed by atoms with E-state index in [-0.39, 0.29) is 0 Å². The second-order valence-corrected chi connectivity index (χ2v) is 14.9. The lowest BCUT2D eigenvalue weighted by atomic mass is 9.91. The van der Waals surface area contributed by atoms with Crippen LogP contribution in [0.4, 0.5) is 0 Å². The van der Waals surface area contributed by atoms with Gasteiger partial charge in [-0.2, -0.15) is 0 Å². The second kappa shape index (κ2) is 11.0. The number of hydrogen-bond acceptors (Lipinski definition) is 2. The van der Waals surface area contributed by atoms with Crippen molar-refractivity contribution < 1.29 is 0 Å². The largest absolute Gasteiger partial charge is 0.308 e. The van der Waals surface area contributed by atoms with E-state index >= 15 is 0 Å². The summed E-state index contributed by atoms with van der Waals surface area (Å²) >= 11 is 0. The molecule has 9 aromatic carbocycles. The van der Waals surface area contributed by atoms with E-state index in [0.717, 1.165) is 33.2 Å². The van der Waals surface area contributed by atoms with Gasteiger partial charge in [0.05, 0.1) is 39.0 Å². The predicted molar refractivity (Wildman–Crippen MR) is 233 cm³/mol. The van der Waals surface area contributed by atoms with Crippen molar-refractivity contribution in [2.24, 2.45) is 0 Å². The number of nitrogens with zero attached hydrogens (tertiary/aromatic N) is 4. The molecule has 0 spiro atoms. The average Bonchev–Trinajstić information content (AvgIpc) is 3.73. The Hall–Kier alpha value is -7.56. The van der Waals surface area contributed by atoms with Gasteiger partial charge in [-0.3, -0.25) is 4.57 Å². The van der Waals surface area contributed by atoms with Crippen molar-refractivity contribution in [2.75, 3.05) is 0 Å². The van der Waals surface area contributed by atoms with Crippen LogP contribution in [0.5, 0.6) is 0 Å². The smallest absolute Gasteiger partial charge is 0.235 e. The highest BCUT2D eigenvalue weighted by molar-refractivity contribution is 6.28. The van der Waals surface area contributed by atoms with Gasteiger partial charge in [-0.05, 0) is 69.1 Å². The first-order chi connectivity index (χ1) is 27.8. The number of rotatable bonds is 2. The minimum Gasteiger partial charge on any atom is -0.308 e. The van der Waals surface area contributed by atoms with Gasteiger partial charge in [0.25, 0.3) is 0 Å². The standard InChI is InChI=1S/C52H30N4/c1-2-14-34-31(13-1)25-26-32-29-33(27-28-35(32)34)50-40-19-5-9-21-43(40)53-52(54-50)56-46-24-12-8-20-41(46)48-47(56)30-42-38-17-7-11-23-45(38)55-44-22-10-6-16-37(44)36-15-3-4-18-39(36)49(48)51(42)55/h1-30H. The van der Waals surface area contributed by atoms with E-state index in [4.69, 9.17) is 9.97 Å². The lowest BCUT2D eigenvalue weighted by molar-refractivity contribution is 1.01. The molecule has 56 heavy (non-hydrogen) atoms. The molecule has 4 heterocycles. The minimum atomic E-state index is 0.656. The molecular formula is C52H30N4. The van der Waals surface area contributed by atoms with Crippen LogP contribution in [0.3, 0.4) is 0 Å². The first-order valence-corrected chi connectivity index (χ1v) is 19.2. The molecule has 0 atom stereocenters. The Morgan fingerprint density at radius 2 is 1.02 bits per heavy atom. The first-order valence-electron chi connectivity index (χ1n) is 19.2. The minimum absolute atomic E-state index is 0.656. The van der Waals surface area contributed by atoms with Crippen molar-refractivity contribution in [1.82, 2.24) is 19.1 Å². The van der Waals surface area contributed by atoms with Crippen molar-refractivity contribution >= 4 is 76.1 Å². The van der Waals surface area contributed by atoms with E-state index in [1.54, 1.807) is 0 Å². The fraction of sp³-hybridized carbons (Fsp3) is 0. The number of aromatic nitrogens is 4. The summed E-state index contributed by atoms with van der Waals surface area (Å²) in [6.07, 6.45) is 0. The molecule has 12 aromatic rings. The van der Waals surface area contributed by atoms with Crippen molar-refractivity contribution in [3.63, 3.8) is 0 Å². The quantitative estimate of drug-likeness (QED) is 0.167. The van der Waals surface area contributed by atoms with Gasteiger partial charge in [0.1, 0.15) is 0 Å². The van der Waals surface area contributed by atoms with Crippen LogP contribution in [-0.2, 0) is 0 Å². The fourth-order valence-electron chi connectivity index (χ4n) is 9.68. The molecule has 0 aliphatic carbocycles. The number of hydrogen-bond donors (Lipinski definition) is 0. The summed E-state index contributed by atoms with van der Waals surface area (Å²) in [4.78, 5) is 10.9. The SMILES string of the molecule is c1ccc2c(c1)-c1ccccc1-n1c3ccccc3c3cc4c(c-2c31)c1ccccc1n4-c1nc(-c2ccc3c(ccc4ccccc43)c2)c2ccccc2n1. The molecular weight excluding hydrogens is 681 g/mol. The van der Waals surface area contributed by atoms with E-state index in [2.05, 4.69) is 191 Å². The zero-order valence-electron chi connectivity index (χ0n) is 30.1. The Morgan fingerprint density at radius 3 is 1.89 bits per heavy atom. The topological polar surface area (TPSA) is 35.6 Å². The molecule has 0 bridgehead atoms. The zero-order chi connectivity index (χ0) is 36.5. The number of benzene rings is 9. The van der Waals surface area contributed by atoms with Gasteiger partial charge in [-0.25, -0.2) is 9.97 Å². The van der Waals surface area contributed by atoms with E-state index in [1.165, 1.54) is 82.1 Å². The number of para-hydroxylation sites is 4. The third-order valence-corrected chi connectivity index (χ3v) is 12.0. The average molecular weight is 711 g/mol. The maximum absolute atomic E-state index is 5.54. The summed E-state index contributed by atoms with van der Waals surface area (Å²) in [5, 5.41) is 10.8. The van der Waals surface area contributed by atoms with Crippen LogP contribution >= 0.6 is 0 Å². The first kappa shape index (κ1) is 29.8. The fourth-order valence-corrected chi connectivity index (χ4v) is 9.68. The lowest BCUT2D eigenvalue weighted by Gasteiger charge is -2.14. The van der Waals surface area contributed by atoms with Crippen LogP contribution in [0.1, 0.15) is 0 Å². The lowest BCUT2D eigenvalue weighted by Crippen LogP contribution is -2.03. The van der Waals surface area contributed by atoms with Gasteiger partial charge in [0.15, 0.2) is 0 Å². The van der Waals surface area contributed by atoms with Crippen molar-refractivity contribution in [1.29, 1.82) is 0 Å². The van der Waals surface area contributed by atoms with Crippen LogP contribution in [0.15, 0.2) is 182 Å². The van der Waals surface area contributed by atoms with E-state index in [9.17, 15) is 0 Å². The van der Waals surface area contributed by atoms with Gasteiger partial charge in [-0.1, -0.05) is 146 Å². The Balaban J connectivity index is 1.18. The van der Waals surface area contributed by atoms with Crippen molar-refractivity contribution in [2.45, 2.75) is 0 Å². The van der Waals surface area contributed by atoms with Crippen molar-refractivity contribution in [3.05, 3.63) is 182 Å². The highest BCUT2D eigenvalue weighted by atomic mass is 15.2. The maximum Gasteiger partial charge on any atom is 0.235 e. The van der Waals surface area contributed by atoms with Crippen LogP contribution in [-0.4, -0.2) is 19.1 Å². The molecule has 258 valence electrons. The number of fused-ring (bicyclic) bond motifs is 16. The van der Waals surface area contributed by atoms with Crippen LogP contribution in [0, 0.1) is 0 Å². The molecule has 0 saturated carbocycles. The Morgan fingerprint density at radius 1 is 0.375 bits per heavy atom. The van der Waals surface area contributed by atoms with Gasteiger partial charge in [0, 0.05) is 43.6 Å². The molecule has 0 saturated heterocycles. The Labute approximate surface area is 321 Å². The Bertz CT molecular complexity index is 3660. The van der Waals surface area contributed by atoms with Crippen LogP contribution in [0.2, 0.25) is 0 Å². The highest BCUT2D eigenvalue weighted by Gasteiger charge is 2.29. The highest BCUT2D eigenvalue weighted by Crippen LogP contribution is 2.51. The van der Waals surface area contributed by atoms with Gasteiger partial charge >= 0.3 is 0 Å². The maximum atomic E-state index is 5.54. The molecule has 13 rings (SSSR count). The third kappa shape index (κ3) is 3.92. The summed E-state index contributed by atoms with van der Waals surface area (Å²) in [5.41, 5.74) is 13.6. The second-order valence-electron chi connectivity index (χ2n) is 14.9. The summed E-state index contributed by atoms with van der Waals surface area (Å²) in [6.45, 7) is 0. The summed E-state index contributed by atoms with van der Waals surface area (Å²) in [6, 6.07) is 65.9. The summed E-state index contributed by atoms with van der Waals surface area (Å²) in [7, 11) is 0.